The highest BCUT2D eigenvalue weighted by atomic mass is 19.3. The molecule has 0 radical (unpaired) electrons. The van der Waals surface area contributed by atoms with E-state index in [0.29, 0.717) is 22.2 Å². The maximum atomic E-state index is 15.3. The average Bonchev–Trinajstić information content (AvgIpc) is 2.79. The van der Waals surface area contributed by atoms with Gasteiger partial charge in [-0.15, -0.1) is 0 Å². The zero-order valence-corrected chi connectivity index (χ0v) is 20.7. The summed E-state index contributed by atoms with van der Waals surface area (Å²) in [5, 5.41) is 13.7. The van der Waals surface area contributed by atoms with Gasteiger partial charge in [-0.1, -0.05) is 12.1 Å². The Morgan fingerprint density at radius 3 is 2.36 bits per heavy atom. The first-order valence-corrected chi connectivity index (χ1v) is 11.2. The lowest BCUT2D eigenvalue weighted by Crippen LogP contribution is -2.41. The number of anilines is 1. The van der Waals surface area contributed by atoms with Crippen molar-refractivity contribution < 1.29 is 18.3 Å². The predicted octanol–water partition coefficient (Wildman–Crippen LogP) is 3.66. The van der Waals surface area contributed by atoms with Crippen LogP contribution in [-0.4, -0.2) is 29.8 Å². The summed E-state index contributed by atoms with van der Waals surface area (Å²) < 4.78 is 47.1. The lowest BCUT2D eigenvalue weighted by atomic mass is 9.91. The number of nitrogens with zero attached hydrogens (tertiary/aromatic N) is 4. The fourth-order valence-electron chi connectivity index (χ4n) is 4.17. The first-order chi connectivity index (χ1) is 16.6. The second-order valence-electron chi connectivity index (χ2n) is 9.42. The molecule has 0 spiro atoms. The van der Waals surface area contributed by atoms with Crippen molar-refractivity contribution in [3.8, 4) is 0 Å². The van der Waals surface area contributed by atoms with Gasteiger partial charge >= 0.3 is 11.6 Å². The second kappa shape index (κ2) is 8.44. The molecule has 2 heterocycles. The summed E-state index contributed by atoms with van der Waals surface area (Å²) >= 11 is 0. The third-order valence-corrected chi connectivity index (χ3v) is 6.35. The van der Waals surface area contributed by atoms with E-state index in [-0.39, 0.29) is 16.8 Å². The van der Waals surface area contributed by atoms with Crippen LogP contribution in [-0.2, 0) is 20.0 Å². The number of benzene rings is 2. The molecular formula is C25H26F3N5O3. The molecule has 8 nitrogen and oxygen atoms in total. The standard InChI is InChI=1S/C25H26F3N5O3/c1-12(14-8-7-9-17(20(14)26)25(27,28)24(3,4)36)29-21-15-11-19-16(10-18(15)30-13(2)31-21)22(34)33(6)23(35)32(19)5/h7-12,36H,1-6H3,(H,29,30,31)/t12-/m1/s1. The lowest BCUT2D eigenvalue weighted by molar-refractivity contribution is -0.170. The number of fused-ring (bicyclic) bond motifs is 2. The van der Waals surface area contributed by atoms with Gasteiger partial charge in [-0.2, -0.15) is 8.78 Å². The van der Waals surface area contributed by atoms with E-state index in [1.54, 1.807) is 26.0 Å². The van der Waals surface area contributed by atoms with Crippen molar-refractivity contribution in [1.29, 1.82) is 0 Å². The summed E-state index contributed by atoms with van der Waals surface area (Å²) in [6.45, 7) is 5.06. The van der Waals surface area contributed by atoms with Crippen LogP contribution in [0.2, 0.25) is 0 Å². The molecule has 4 aromatic rings. The second-order valence-corrected chi connectivity index (χ2v) is 9.42. The Morgan fingerprint density at radius 2 is 1.72 bits per heavy atom. The summed E-state index contributed by atoms with van der Waals surface area (Å²) in [5.41, 5.74) is -3.64. The third-order valence-electron chi connectivity index (χ3n) is 6.35. The normalized spacial score (nSPS) is 13.4. The molecule has 0 saturated heterocycles. The van der Waals surface area contributed by atoms with Crippen LogP contribution in [0.25, 0.3) is 21.8 Å². The molecule has 36 heavy (non-hydrogen) atoms. The van der Waals surface area contributed by atoms with Crippen LogP contribution in [0.1, 0.15) is 43.8 Å². The fourth-order valence-corrected chi connectivity index (χ4v) is 4.17. The zero-order chi connectivity index (χ0) is 26.7. The number of rotatable bonds is 5. The highest BCUT2D eigenvalue weighted by Crippen LogP contribution is 2.41. The van der Waals surface area contributed by atoms with Crippen LogP contribution in [0.3, 0.4) is 0 Å². The molecule has 0 aliphatic heterocycles. The van der Waals surface area contributed by atoms with E-state index in [4.69, 9.17) is 0 Å². The van der Waals surface area contributed by atoms with Crippen molar-refractivity contribution in [1.82, 2.24) is 19.1 Å². The Morgan fingerprint density at radius 1 is 1.06 bits per heavy atom. The van der Waals surface area contributed by atoms with E-state index < -0.39 is 40.2 Å². The minimum absolute atomic E-state index is 0.0529. The molecule has 1 atom stereocenters. The first-order valence-electron chi connectivity index (χ1n) is 11.2. The molecule has 0 aliphatic rings. The summed E-state index contributed by atoms with van der Waals surface area (Å²) in [6.07, 6.45) is 0. The van der Waals surface area contributed by atoms with Gasteiger partial charge in [0.1, 0.15) is 23.1 Å². The SMILES string of the molecule is Cc1nc(N[C@H](C)c2cccc(C(F)(F)C(C)(C)O)c2F)c2cc3c(cc2n1)c(=O)n(C)c(=O)n3C. The molecule has 190 valence electrons. The number of halogens is 3. The van der Waals surface area contributed by atoms with Crippen LogP contribution in [0.15, 0.2) is 39.9 Å². The summed E-state index contributed by atoms with van der Waals surface area (Å²) in [7, 11) is 2.92. The largest absolute Gasteiger partial charge is 0.384 e. The van der Waals surface area contributed by atoms with E-state index in [2.05, 4.69) is 15.3 Å². The number of aryl methyl sites for hydroxylation is 2. The van der Waals surface area contributed by atoms with Crippen molar-refractivity contribution in [3.63, 3.8) is 0 Å². The van der Waals surface area contributed by atoms with Gasteiger partial charge in [0.05, 0.1) is 28.0 Å². The van der Waals surface area contributed by atoms with Gasteiger partial charge in [0, 0.05) is 25.0 Å². The van der Waals surface area contributed by atoms with Gasteiger partial charge in [-0.05, 0) is 45.9 Å². The number of hydrogen-bond acceptors (Lipinski definition) is 6. The van der Waals surface area contributed by atoms with Crippen LogP contribution >= 0.6 is 0 Å². The number of aromatic nitrogens is 4. The van der Waals surface area contributed by atoms with Crippen molar-refractivity contribution >= 4 is 27.6 Å². The molecule has 2 aromatic heterocycles. The molecule has 0 saturated carbocycles. The van der Waals surface area contributed by atoms with E-state index in [9.17, 15) is 23.5 Å². The number of aliphatic hydroxyl groups is 1. The molecule has 0 amide bonds. The first kappa shape index (κ1) is 25.4. The van der Waals surface area contributed by atoms with E-state index in [0.717, 1.165) is 24.5 Å². The molecule has 2 N–H and O–H groups in total. The third kappa shape index (κ3) is 3.93. The Hall–Kier alpha value is -3.73. The Bertz CT molecular complexity index is 1640. The van der Waals surface area contributed by atoms with Gasteiger partial charge in [0.25, 0.3) is 5.56 Å². The van der Waals surface area contributed by atoms with Gasteiger partial charge in [-0.3, -0.25) is 13.9 Å². The summed E-state index contributed by atoms with van der Waals surface area (Å²) in [5.74, 6) is -4.34. The Labute approximate surface area is 204 Å². The van der Waals surface area contributed by atoms with E-state index in [1.165, 1.54) is 30.8 Å². The summed E-state index contributed by atoms with van der Waals surface area (Å²) in [4.78, 5) is 33.9. The topological polar surface area (TPSA) is 102 Å². The Balaban J connectivity index is 1.86. The highest BCUT2D eigenvalue weighted by molar-refractivity contribution is 5.99. The summed E-state index contributed by atoms with van der Waals surface area (Å²) in [6, 6.07) is 5.95. The van der Waals surface area contributed by atoms with Crippen LogP contribution in [0.4, 0.5) is 19.0 Å². The van der Waals surface area contributed by atoms with E-state index >= 15 is 4.39 Å². The average molecular weight is 502 g/mol. The van der Waals surface area contributed by atoms with Crippen LogP contribution in [0, 0.1) is 12.7 Å². The van der Waals surface area contributed by atoms with Crippen LogP contribution < -0.4 is 16.6 Å². The maximum absolute atomic E-state index is 15.3. The highest BCUT2D eigenvalue weighted by Gasteiger charge is 2.49. The molecule has 2 aromatic carbocycles. The molecule has 0 aliphatic carbocycles. The number of alkyl halides is 2. The monoisotopic (exact) mass is 501 g/mol. The molecule has 11 heteroatoms. The van der Waals surface area contributed by atoms with Crippen molar-refractivity contribution in [2.75, 3.05) is 5.32 Å². The quantitative estimate of drug-likeness (QED) is 0.405. The van der Waals surface area contributed by atoms with Gasteiger partial charge < -0.3 is 10.4 Å². The molecular weight excluding hydrogens is 475 g/mol. The molecule has 0 unspecified atom stereocenters. The number of hydrogen-bond donors (Lipinski definition) is 2. The van der Waals surface area contributed by atoms with Crippen molar-refractivity contribution in [2.45, 2.75) is 45.3 Å². The van der Waals surface area contributed by atoms with E-state index in [1.807, 2.05) is 0 Å². The molecule has 0 fully saturated rings. The van der Waals surface area contributed by atoms with Crippen LogP contribution in [0.5, 0.6) is 0 Å². The van der Waals surface area contributed by atoms with Crippen molar-refractivity contribution in [2.24, 2.45) is 14.1 Å². The maximum Gasteiger partial charge on any atom is 0.330 e. The van der Waals surface area contributed by atoms with Crippen molar-refractivity contribution in [3.05, 3.63) is 73.9 Å². The smallest absolute Gasteiger partial charge is 0.330 e. The van der Waals surface area contributed by atoms with Gasteiger partial charge in [0.2, 0.25) is 0 Å². The minimum Gasteiger partial charge on any atom is -0.384 e. The van der Waals surface area contributed by atoms with Gasteiger partial charge in [-0.25, -0.2) is 19.2 Å². The molecule has 4 rings (SSSR count). The molecule has 0 bridgehead atoms. The van der Waals surface area contributed by atoms with Gasteiger partial charge in [0.15, 0.2) is 0 Å². The fraction of sp³-hybridized carbons (Fsp3) is 0.360. The lowest BCUT2D eigenvalue weighted by Gasteiger charge is -2.30. The Kier molecular flexibility index (Phi) is 5.95. The predicted molar refractivity (Wildman–Crippen MR) is 131 cm³/mol. The number of nitrogens with one attached hydrogen (secondary N) is 1. The minimum atomic E-state index is -3.83. The zero-order valence-electron chi connectivity index (χ0n) is 20.7.